The third-order valence-corrected chi connectivity index (χ3v) is 3.04. The largest absolute Gasteiger partial charge is 0.376 e. The van der Waals surface area contributed by atoms with Crippen molar-refractivity contribution in [2.45, 2.75) is 51.2 Å². The summed E-state index contributed by atoms with van der Waals surface area (Å²) in [5.41, 5.74) is 0. The number of nitrogens with one attached hydrogen (secondary N) is 1. The first kappa shape index (κ1) is 9.97. The van der Waals surface area contributed by atoms with Gasteiger partial charge in [-0.15, -0.1) is 0 Å². The van der Waals surface area contributed by atoms with Crippen LogP contribution in [0.5, 0.6) is 0 Å². The van der Waals surface area contributed by atoms with Gasteiger partial charge in [0.1, 0.15) is 0 Å². The third-order valence-electron chi connectivity index (χ3n) is 3.04. The van der Waals surface area contributed by atoms with Gasteiger partial charge >= 0.3 is 0 Å². The summed E-state index contributed by atoms with van der Waals surface area (Å²) in [5, 5.41) is 3.49. The highest BCUT2D eigenvalue weighted by molar-refractivity contribution is 5.82. The minimum atomic E-state index is 0.402. The summed E-state index contributed by atoms with van der Waals surface area (Å²) in [6.07, 6.45) is 6.46. The number of nitrogens with zero attached hydrogens (tertiary/aromatic N) is 1. The van der Waals surface area contributed by atoms with Crippen molar-refractivity contribution in [3.05, 3.63) is 0 Å². The average Bonchev–Trinajstić information content (AvgIpc) is 2.72. The summed E-state index contributed by atoms with van der Waals surface area (Å²) < 4.78 is 5.64. The van der Waals surface area contributed by atoms with E-state index in [-0.39, 0.29) is 0 Å². The molecule has 2 atom stereocenters. The van der Waals surface area contributed by atoms with Crippen LogP contribution >= 0.6 is 0 Å². The van der Waals surface area contributed by atoms with E-state index in [0.29, 0.717) is 12.1 Å². The highest BCUT2D eigenvalue weighted by Gasteiger charge is 2.23. The Balaban J connectivity index is 1.80. The lowest BCUT2D eigenvalue weighted by Crippen LogP contribution is -2.41. The fourth-order valence-corrected chi connectivity index (χ4v) is 2.17. The van der Waals surface area contributed by atoms with Crippen LogP contribution in [0.3, 0.4) is 0 Å². The topological polar surface area (TPSA) is 33.6 Å². The van der Waals surface area contributed by atoms with E-state index in [1.807, 2.05) is 0 Å². The van der Waals surface area contributed by atoms with Crippen molar-refractivity contribution in [2.75, 3.05) is 13.2 Å². The zero-order valence-electron chi connectivity index (χ0n) is 8.96. The van der Waals surface area contributed by atoms with Crippen molar-refractivity contribution in [3.8, 4) is 0 Å². The Morgan fingerprint density at radius 1 is 1.43 bits per heavy atom. The number of rotatable bonds is 2. The highest BCUT2D eigenvalue weighted by Crippen LogP contribution is 2.16. The summed E-state index contributed by atoms with van der Waals surface area (Å²) in [4.78, 5) is 4.49. The Bertz CT molecular complexity index is 209. The Labute approximate surface area is 85.9 Å². The van der Waals surface area contributed by atoms with Gasteiger partial charge in [0, 0.05) is 19.6 Å². The lowest BCUT2D eigenvalue weighted by atomic mass is 10.1. The highest BCUT2D eigenvalue weighted by atomic mass is 16.5. The molecule has 0 radical (unpaired) electrons. The number of hydrogen-bond acceptors (Lipinski definition) is 3. The maximum Gasteiger partial charge on any atom is 0.0965 e. The third kappa shape index (κ3) is 2.47. The number of ether oxygens (including phenoxy) is 1. The van der Waals surface area contributed by atoms with E-state index in [4.69, 9.17) is 4.74 Å². The van der Waals surface area contributed by atoms with Crippen LogP contribution in [0.15, 0.2) is 4.99 Å². The molecular formula is C11H20N2O. The van der Waals surface area contributed by atoms with Crippen molar-refractivity contribution < 1.29 is 4.74 Å². The molecule has 0 aliphatic carbocycles. The smallest absolute Gasteiger partial charge is 0.0965 e. The molecule has 0 amide bonds. The number of aliphatic imine (C=N–C) groups is 1. The molecular weight excluding hydrogens is 176 g/mol. The standard InChI is InChI=1S/C11H20N2O/c1-9(10-5-4-8-14-10)13-11-6-2-3-7-12-11/h9-10H,2-8H2,1H3,(H,12,13). The molecule has 0 aromatic rings. The van der Waals surface area contributed by atoms with Gasteiger partial charge in [0.25, 0.3) is 0 Å². The molecule has 14 heavy (non-hydrogen) atoms. The monoisotopic (exact) mass is 196 g/mol. The van der Waals surface area contributed by atoms with Gasteiger partial charge in [0.15, 0.2) is 0 Å². The fourth-order valence-electron chi connectivity index (χ4n) is 2.17. The molecule has 0 bridgehead atoms. The molecule has 3 nitrogen and oxygen atoms in total. The van der Waals surface area contributed by atoms with Gasteiger partial charge in [0.2, 0.25) is 0 Å². The van der Waals surface area contributed by atoms with Gasteiger partial charge < -0.3 is 10.1 Å². The lowest BCUT2D eigenvalue weighted by Gasteiger charge is -2.23. The first-order valence-corrected chi connectivity index (χ1v) is 5.78. The predicted molar refractivity (Wildman–Crippen MR) is 57.7 cm³/mol. The first-order chi connectivity index (χ1) is 6.86. The van der Waals surface area contributed by atoms with E-state index in [9.17, 15) is 0 Å². The summed E-state index contributed by atoms with van der Waals surface area (Å²) >= 11 is 0. The van der Waals surface area contributed by atoms with Crippen molar-refractivity contribution in [3.63, 3.8) is 0 Å². The second kappa shape index (κ2) is 4.78. The predicted octanol–water partition coefficient (Wildman–Crippen LogP) is 1.73. The molecule has 80 valence electrons. The molecule has 1 N–H and O–H groups in total. The van der Waals surface area contributed by atoms with Crippen LogP contribution in [0.25, 0.3) is 0 Å². The van der Waals surface area contributed by atoms with E-state index >= 15 is 0 Å². The normalized spacial score (nSPS) is 29.8. The van der Waals surface area contributed by atoms with Crippen LogP contribution < -0.4 is 5.32 Å². The van der Waals surface area contributed by atoms with Crippen molar-refractivity contribution >= 4 is 5.84 Å². The summed E-state index contributed by atoms with van der Waals surface area (Å²) in [6.45, 7) is 4.14. The van der Waals surface area contributed by atoms with Crippen LogP contribution in [0.4, 0.5) is 0 Å². The van der Waals surface area contributed by atoms with Crippen molar-refractivity contribution in [1.82, 2.24) is 5.32 Å². The van der Waals surface area contributed by atoms with Gasteiger partial charge in [-0.2, -0.15) is 0 Å². The molecule has 2 aliphatic heterocycles. The summed E-state index contributed by atoms with van der Waals surface area (Å²) in [6, 6.07) is 0.425. The second-order valence-electron chi connectivity index (χ2n) is 4.27. The minimum absolute atomic E-state index is 0.402. The van der Waals surface area contributed by atoms with Gasteiger partial charge in [0.05, 0.1) is 18.0 Å². The van der Waals surface area contributed by atoms with E-state index in [1.165, 1.54) is 31.5 Å². The van der Waals surface area contributed by atoms with Crippen LogP contribution in [-0.2, 0) is 4.74 Å². The molecule has 0 aromatic carbocycles. The van der Waals surface area contributed by atoms with Gasteiger partial charge in [-0.25, -0.2) is 0 Å². The average molecular weight is 196 g/mol. The molecule has 1 saturated heterocycles. The lowest BCUT2D eigenvalue weighted by molar-refractivity contribution is 0.0891. The first-order valence-electron chi connectivity index (χ1n) is 5.78. The molecule has 2 heterocycles. The number of hydrogen-bond donors (Lipinski definition) is 1. The molecule has 1 fully saturated rings. The fraction of sp³-hybridized carbons (Fsp3) is 0.909. The van der Waals surface area contributed by atoms with Gasteiger partial charge in [-0.1, -0.05) is 0 Å². The van der Waals surface area contributed by atoms with Gasteiger partial charge in [-0.3, -0.25) is 4.99 Å². The van der Waals surface area contributed by atoms with E-state index in [1.54, 1.807) is 0 Å². The number of amidine groups is 1. The van der Waals surface area contributed by atoms with Gasteiger partial charge in [-0.05, 0) is 32.6 Å². The molecule has 0 spiro atoms. The zero-order valence-corrected chi connectivity index (χ0v) is 8.96. The molecule has 2 aliphatic rings. The molecule has 2 unspecified atom stereocenters. The second-order valence-corrected chi connectivity index (χ2v) is 4.27. The van der Waals surface area contributed by atoms with Crippen LogP contribution in [0.2, 0.25) is 0 Å². The maximum absolute atomic E-state index is 5.64. The molecule has 3 heteroatoms. The van der Waals surface area contributed by atoms with E-state index < -0.39 is 0 Å². The Hall–Kier alpha value is -0.570. The Morgan fingerprint density at radius 2 is 2.36 bits per heavy atom. The quantitative estimate of drug-likeness (QED) is 0.729. The van der Waals surface area contributed by atoms with E-state index in [0.717, 1.165) is 19.6 Å². The molecule has 0 aromatic heterocycles. The Kier molecular flexibility index (Phi) is 3.40. The van der Waals surface area contributed by atoms with E-state index in [2.05, 4.69) is 17.2 Å². The van der Waals surface area contributed by atoms with Crippen LogP contribution in [0, 0.1) is 0 Å². The van der Waals surface area contributed by atoms with Crippen molar-refractivity contribution in [1.29, 1.82) is 0 Å². The maximum atomic E-state index is 5.64. The molecule has 2 rings (SSSR count). The Morgan fingerprint density at radius 3 is 3.00 bits per heavy atom. The molecule has 0 saturated carbocycles. The summed E-state index contributed by atoms with van der Waals surface area (Å²) in [5.74, 6) is 1.19. The van der Waals surface area contributed by atoms with Crippen molar-refractivity contribution in [2.24, 2.45) is 4.99 Å². The van der Waals surface area contributed by atoms with Crippen LogP contribution in [-0.4, -0.2) is 31.1 Å². The summed E-state index contributed by atoms with van der Waals surface area (Å²) in [7, 11) is 0. The minimum Gasteiger partial charge on any atom is -0.376 e. The van der Waals surface area contributed by atoms with Crippen LogP contribution in [0.1, 0.15) is 39.0 Å². The SMILES string of the molecule is CC(NC1=NCCCC1)C1CCCO1. The zero-order chi connectivity index (χ0) is 9.80.